The fourth-order valence-corrected chi connectivity index (χ4v) is 9.37. The summed E-state index contributed by atoms with van der Waals surface area (Å²) >= 11 is 0. The van der Waals surface area contributed by atoms with Crippen LogP contribution in [0.1, 0.15) is 105 Å². The van der Waals surface area contributed by atoms with Crippen LogP contribution in [0.2, 0.25) is 0 Å². The average Bonchev–Trinajstić information content (AvgIpc) is 3.12. The van der Waals surface area contributed by atoms with Crippen LogP contribution in [0, 0.1) is 33.5 Å². The predicted molar refractivity (Wildman–Crippen MR) is 94.8 cm³/mol. The van der Waals surface area contributed by atoms with E-state index in [9.17, 15) is 0 Å². The summed E-state index contributed by atoms with van der Waals surface area (Å²) in [5, 5.41) is 0. The van der Waals surface area contributed by atoms with Crippen LogP contribution < -0.4 is 0 Å². The number of fused-ring (bicyclic) bond motifs is 3. The van der Waals surface area contributed by atoms with Gasteiger partial charge in [-0.15, -0.1) is 0 Å². The van der Waals surface area contributed by atoms with E-state index >= 15 is 0 Å². The van der Waals surface area contributed by atoms with E-state index < -0.39 is 0 Å². The Hall–Kier alpha value is 0. The van der Waals surface area contributed by atoms with Crippen LogP contribution >= 0.6 is 0 Å². The summed E-state index contributed by atoms with van der Waals surface area (Å²) in [6.45, 7) is 10.4. The smallest absolute Gasteiger partial charge is 0.0161 e. The van der Waals surface area contributed by atoms with Gasteiger partial charge in [0, 0.05) is 0 Å². The minimum Gasteiger partial charge on any atom is -0.0622 e. The SMILES string of the molecule is CC(C)C12CCCC1(C13CCCCC1CCC3)CCC2(C)C. The molecule has 0 nitrogen and oxygen atoms in total. The Kier molecular flexibility index (Phi) is 3.36. The van der Waals surface area contributed by atoms with Gasteiger partial charge in [0.15, 0.2) is 0 Å². The lowest BCUT2D eigenvalue weighted by Gasteiger charge is -2.62. The van der Waals surface area contributed by atoms with Crippen LogP contribution in [0.25, 0.3) is 0 Å². The van der Waals surface area contributed by atoms with Gasteiger partial charge < -0.3 is 0 Å². The fourth-order valence-electron chi connectivity index (χ4n) is 9.37. The van der Waals surface area contributed by atoms with E-state index in [0.29, 0.717) is 16.2 Å². The highest BCUT2D eigenvalue weighted by Crippen LogP contribution is 2.82. The van der Waals surface area contributed by atoms with Crippen molar-refractivity contribution < 1.29 is 0 Å². The van der Waals surface area contributed by atoms with Crippen LogP contribution in [0.3, 0.4) is 0 Å². The van der Waals surface area contributed by atoms with E-state index in [-0.39, 0.29) is 0 Å². The Bertz CT molecular complexity index is 447. The normalized spacial score (nSPS) is 50.3. The third-order valence-corrected chi connectivity index (χ3v) is 9.73. The van der Waals surface area contributed by atoms with Crippen LogP contribution in [-0.4, -0.2) is 0 Å². The third-order valence-electron chi connectivity index (χ3n) is 9.73. The van der Waals surface area contributed by atoms with E-state index in [1.54, 1.807) is 44.9 Å². The molecule has 4 aliphatic rings. The zero-order valence-electron chi connectivity index (χ0n) is 15.6. The highest BCUT2D eigenvalue weighted by atomic mass is 14.8. The van der Waals surface area contributed by atoms with Gasteiger partial charge in [0.1, 0.15) is 0 Å². The second-order valence-electron chi connectivity index (χ2n) is 10.4. The van der Waals surface area contributed by atoms with Gasteiger partial charge in [-0.25, -0.2) is 0 Å². The molecular weight excluding hydrogens is 264 g/mol. The first-order chi connectivity index (χ1) is 10.4. The second-order valence-corrected chi connectivity index (χ2v) is 10.4. The summed E-state index contributed by atoms with van der Waals surface area (Å²) in [7, 11) is 0. The highest BCUT2D eigenvalue weighted by Gasteiger charge is 2.74. The topological polar surface area (TPSA) is 0 Å². The Labute approximate surface area is 138 Å². The summed E-state index contributed by atoms with van der Waals surface area (Å²) in [6, 6.07) is 0. The summed E-state index contributed by atoms with van der Waals surface area (Å²) < 4.78 is 0. The van der Waals surface area contributed by atoms with E-state index in [1.807, 2.05) is 0 Å². The Morgan fingerprint density at radius 2 is 1.45 bits per heavy atom. The van der Waals surface area contributed by atoms with E-state index in [0.717, 1.165) is 17.3 Å². The molecule has 4 unspecified atom stereocenters. The van der Waals surface area contributed by atoms with Crippen LogP contribution in [0.5, 0.6) is 0 Å². The molecule has 0 aromatic heterocycles. The number of hydrogen-bond donors (Lipinski definition) is 0. The highest BCUT2D eigenvalue weighted by molar-refractivity contribution is 5.22. The van der Waals surface area contributed by atoms with Gasteiger partial charge in [-0.3, -0.25) is 0 Å². The molecule has 4 atom stereocenters. The van der Waals surface area contributed by atoms with Crippen molar-refractivity contribution in [3.8, 4) is 0 Å². The number of rotatable bonds is 2. The molecule has 0 radical (unpaired) electrons. The van der Waals surface area contributed by atoms with Gasteiger partial charge in [-0.2, -0.15) is 0 Å². The Morgan fingerprint density at radius 1 is 0.727 bits per heavy atom. The van der Waals surface area contributed by atoms with Gasteiger partial charge in [-0.05, 0) is 84.9 Å². The molecule has 0 aliphatic heterocycles. The molecule has 0 heteroatoms. The summed E-state index contributed by atoms with van der Waals surface area (Å²) in [5.74, 6) is 1.96. The lowest BCUT2D eigenvalue weighted by atomic mass is 9.42. The Balaban J connectivity index is 1.88. The molecule has 0 N–H and O–H groups in total. The van der Waals surface area contributed by atoms with Crippen LogP contribution in [-0.2, 0) is 0 Å². The molecule has 0 saturated heterocycles. The predicted octanol–water partition coefficient (Wildman–Crippen LogP) is 6.98. The van der Waals surface area contributed by atoms with E-state index in [1.165, 1.54) is 32.1 Å². The lowest BCUT2D eigenvalue weighted by molar-refractivity contribution is -0.141. The van der Waals surface area contributed by atoms with Crippen molar-refractivity contribution in [3.63, 3.8) is 0 Å². The van der Waals surface area contributed by atoms with Crippen LogP contribution in [0.15, 0.2) is 0 Å². The van der Waals surface area contributed by atoms with Gasteiger partial charge in [0.05, 0.1) is 0 Å². The quantitative estimate of drug-likeness (QED) is 0.516. The molecule has 126 valence electrons. The maximum Gasteiger partial charge on any atom is -0.0161 e. The van der Waals surface area contributed by atoms with Crippen molar-refractivity contribution >= 4 is 0 Å². The van der Waals surface area contributed by atoms with Gasteiger partial charge in [0.2, 0.25) is 0 Å². The first kappa shape index (κ1) is 15.5. The van der Waals surface area contributed by atoms with Gasteiger partial charge in [-0.1, -0.05) is 53.4 Å². The molecule has 22 heavy (non-hydrogen) atoms. The molecule has 0 heterocycles. The minimum atomic E-state index is 0.566. The Morgan fingerprint density at radius 3 is 2.23 bits per heavy atom. The van der Waals surface area contributed by atoms with Crippen LogP contribution in [0.4, 0.5) is 0 Å². The second kappa shape index (κ2) is 4.76. The zero-order valence-corrected chi connectivity index (χ0v) is 15.6. The molecule has 0 bridgehead atoms. The average molecular weight is 303 g/mol. The molecule has 0 aromatic carbocycles. The third kappa shape index (κ3) is 1.52. The summed E-state index contributed by atoms with van der Waals surface area (Å²) in [6.07, 6.45) is 18.6. The standard InChI is InChI=1S/C22H38/c1-17(2)22-14-8-13-21(22,16-15-19(22,3)4)20-11-6-5-9-18(20)10-7-12-20/h17-18H,5-16H2,1-4H3. The molecule has 4 saturated carbocycles. The largest absolute Gasteiger partial charge is 0.0622 e. The van der Waals surface area contributed by atoms with Gasteiger partial charge in [0.25, 0.3) is 0 Å². The van der Waals surface area contributed by atoms with Crippen molar-refractivity contribution in [1.82, 2.24) is 0 Å². The summed E-state index contributed by atoms with van der Waals surface area (Å²) in [4.78, 5) is 0. The monoisotopic (exact) mass is 302 g/mol. The molecule has 4 aliphatic carbocycles. The molecule has 4 rings (SSSR count). The minimum absolute atomic E-state index is 0.566. The lowest BCUT2D eigenvalue weighted by Crippen LogP contribution is -2.56. The van der Waals surface area contributed by atoms with Crippen molar-refractivity contribution in [1.29, 1.82) is 0 Å². The molecule has 4 fully saturated rings. The first-order valence-corrected chi connectivity index (χ1v) is 10.4. The maximum absolute atomic E-state index is 2.64. The van der Waals surface area contributed by atoms with Gasteiger partial charge >= 0.3 is 0 Å². The molecule has 0 spiro atoms. The molecule has 0 amide bonds. The van der Waals surface area contributed by atoms with E-state index in [2.05, 4.69) is 27.7 Å². The van der Waals surface area contributed by atoms with Crippen molar-refractivity contribution in [2.24, 2.45) is 33.5 Å². The molecular formula is C22H38. The summed E-state index contributed by atoms with van der Waals surface area (Å²) in [5.41, 5.74) is 2.66. The first-order valence-electron chi connectivity index (χ1n) is 10.4. The van der Waals surface area contributed by atoms with E-state index in [4.69, 9.17) is 0 Å². The van der Waals surface area contributed by atoms with Crippen molar-refractivity contribution in [3.05, 3.63) is 0 Å². The zero-order chi connectivity index (χ0) is 15.6. The fraction of sp³-hybridized carbons (Fsp3) is 1.00. The number of hydrogen-bond acceptors (Lipinski definition) is 0. The van der Waals surface area contributed by atoms with Crippen molar-refractivity contribution in [2.75, 3.05) is 0 Å². The molecule has 0 aromatic rings. The maximum atomic E-state index is 2.64. The van der Waals surface area contributed by atoms with Crippen molar-refractivity contribution in [2.45, 2.75) is 105 Å².